The van der Waals surface area contributed by atoms with Crippen LogP contribution < -0.4 is 15.4 Å². The van der Waals surface area contributed by atoms with Crippen molar-refractivity contribution in [2.45, 2.75) is 38.8 Å². The molecule has 1 aromatic heterocycles. The predicted octanol–water partition coefficient (Wildman–Crippen LogP) is 2.63. The van der Waals surface area contributed by atoms with Gasteiger partial charge in [-0.15, -0.1) is 0 Å². The fraction of sp³-hybridized carbons (Fsp3) is 0.421. The number of nitrogens with zero attached hydrogens (tertiary/aromatic N) is 1. The summed E-state index contributed by atoms with van der Waals surface area (Å²) in [5.74, 6) is 1.12. The normalized spacial score (nSPS) is 19.5. The topological polar surface area (TPSA) is 93.5 Å². The van der Waals surface area contributed by atoms with Gasteiger partial charge in [0.25, 0.3) is 0 Å². The van der Waals surface area contributed by atoms with Gasteiger partial charge in [-0.05, 0) is 25.0 Å². The summed E-state index contributed by atoms with van der Waals surface area (Å²) in [7, 11) is 1.56. The molecule has 7 heteroatoms. The first-order chi connectivity index (χ1) is 12.5. The molecule has 2 heterocycles. The summed E-state index contributed by atoms with van der Waals surface area (Å²) < 4.78 is 10.7. The molecule has 1 saturated heterocycles. The molecule has 138 valence electrons. The maximum atomic E-state index is 12.5. The monoisotopic (exact) mass is 357 g/mol. The van der Waals surface area contributed by atoms with Gasteiger partial charge in [0, 0.05) is 17.7 Å². The molecule has 2 aromatic rings. The van der Waals surface area contributed by atoms with Crippen LogP contribution >= 0.6 is 0 Å². The standard InChI is InChI=1S/C19H23N3O4/c1-11(2)18(23)14-6-7-15(22-14)19(24)21-12-4-5-13(16(8-12)25-3)17-9-20-10-26-17/h4-5,8-11,14-15,22H,6-7H2,1-3H3,(H,21,24). The molecule has 3 rings (SSSR count). The molecule has 0 radical (unpaired) electrons. The van der Waals surface area contributed by atoms with Crippen LogP contribution in [0.1, 0.15) is 26.7 Å². The number of rotatable bonds is 6. The number of methoxy groups -OCH3 is 1. The Hall–Kier alpha value is -2.67. The Bertz CT molecular complexity index is 786. The fourth-order valence-electron chi connectivity index (χ4n) is 3.13. The van der Waals surface area contributed by atoms with E-state index >= 15 is 0 Å². The fourth-order valence-corrected chi connectivity index (χ4v) is 3.13. The Morgan fingerprint density at radius 1 is 1.31 bits per heavy atom. The molecule has 1 aliphatic rings. The number of aromatic nitrogens is 1. The van der Waals surface area contributed by atoms with E-state index in [0.29, 0.717) is 30.0 Å². The van der Waals surface area contributed by atoms with Crippen LogP contribution in [0.2, 0.25) is 0 Å². The minimum absolute atomic E-state index is 0.0396. The third-order valence-electron chi connectivity index (χ3n) is 4.54. The Labute approximate surface area is 152 Å². The van der Waals surface area contributed by atoms with Crippen LogP contribution in [-0.2, 0) is 9.59 Å². The number of hydrogen-bond acceptors (Lipinski definition) is 6. The Morgan fingerprint density at radius 3 is 2.73 bits per heavy atom. The summed E-state index contributed by atoms with van der Waals surface area (Å²) in [4.78, 5) is 28.5. The highest BCUT2D eigenvalue weighted by Gasteiger charge is 2.33. The zero-order valence-corrected chi connectivity index (χ0v) is 15.1. The average molecular weight is 357 g/mol. The number of hydrogen-bond donors (Lipinski definition) is 2. The second kappa shape index (κ2) is 7.70. The van der Waals surface area contributed by atoms with E-state index in [1.165, 1.54) is 6.39 Å². The van der Waals surface area contributed by atoms with E-state index in [9.17, 15) is 9.59 Å². The second-order valence-electron chi connectivity index (χ2n) is 6.68. The quantitative estimate of drug-likeness (QED) is 0.825. The molecule has 2 unspecified atom stereocenters. The molecule has 1 amide bonds. The predicted molar refractivity (Wildman–Crippen MR) is 96.9 cm³/mol. The highest BCUT2D eigenvalue weighted by molar-refractivity contribution is 5.97. The Morgan fingerprint density at radius 2 is 2.08 bits per heavy atom. The summed E-state index contributed by atoms with van der Waals surface area (Å²) >= 11 is 0. The first kappa shape index (κ1) is 18.1. The number of Topliss-reactive ketones (excluding diaryl/α,β-unsaturated/α-hetero) is 1. The van der Waals surface area contributed by atoms with Crippen LogP contribution in [0.25, 0.3) is 11.3 Å². The second-order valence-corrected chi connectivity index (χ2v) is 6.68. The largest absolute Gasteiger partial charge is 0.496 e. The van der Waals surface area contributed by atoms with Crippen LogP contribution in [-0.4, -0.2) is 35.9 Å². The van der Waals surface area contributed by atoms with E-state index in [0.717, 1.165) is 5.56 Å². The van der Waals surface area contributed by atoms with Crippen molar-refractivity contribution in [3.05, 3.63) is 30.8 Å². The molecule has 0 aliphatic carbocycles. The Kier molecular flexibility index (Phi) is 5.37. The summed E-state index contributed by atoms with van der Waals surface area (Å²) in [6, 6.07) is 4.71. The smallest absolute Gasteiger partial charge is 0.241 e. The van der Waals surface area contributed by atoms with E-state index in [1.54, 1.807) is 25.4 Å². The summed E-state index contributed by atoms with van der Waals surface area (Å²) in [6.07, 6.45) is 4.28. The van der Waals surface area contributed by atoms with Crippen LogP contribution in [0.15, 0.2) is 35.2 Å². The van der Waals surface area contributed by atoms with Crippen LogP contribution in [0.5, 0.6) is 5.75 Å². The van der Waals surface area contributed by atoms with Crippen LogP contribution in [0, 0.1) is 5.92 Å². The lowest BCUT2D eigenvalue weighted by atomic mass is 10.0. The van der Waals surface area contributed by atoms with Crippen LogP contribution in [0.4, 0.5) is 5.69 Å². The molecule has 1 aliphatic heterocycles. The van der Waals surface area contributed by atoms with Crippen molar-refractivity contribution in [1.82, 2.24) is 10.3 Å². The number of carbonyl (C=O) groups is 2. The molecule has 1 aromatic carbocycles. The SMILES string of the molecule is COc1cc(NC(=O)C2CCC(C(=O)C(C)C)N2)ccc1-c1cnco1. The van der Waals surface area contributed by atoms with Crippen molar-refractivity contribution >= 4 is 17.4 Å². The molecule has 0 saturated carbocycles. The third-order valence-corrected chi connectivity index (χ3v) is 4.54. The van der Waals surface area contributed by atoms with Crippen molar-refractivity contribution in [2.24, 2.45) is 5.92 Å². The van der Waals surface area contributed by atoms with E-state index in [1.807, 2.05) is 19.9 Å². The lowest BCUT2D eigenvalue weighted by Crippen LogP contribution is -2.43. The first-order valence-electron chi connectivity index (χ1n) is 8.67. The van der Waals surface area contributed by atoms with E-state index in [4.69, 9.17) is 9.15 Å². The Balaban J connectivity index is 1.67. The minimum atomic E-state index is -0.373. The van der Waals surface area contributed by atoms with Crippen molar-refractivity contribution in [3.8, 4) is 17.1 Å². The molecule has 2 atom stereocenters. The molecule has 0 bridgehead atoms. The zero-order chi connectivity index (χ0) is 18.7. The number of benzene rings is 1. The molecule has 0 spiro atoms. The number of anilines is 1. The molecular formula is C19H23N3O4. The maximum Gasteiger partial charge on any atom is 0.241 e. The van der Waals surface area contributed by atoms with E-state index in [-0.39, 0.29) is 29.7 Å². The van der Waals surface area contributed by atoms with Crippen molar-refractivity contribution in [1.29, 1.82) is 0 Å². The van der Waals surface area contributed by atoms with Gasteiger partial charge in [0.15, 0.2) is 17.9 Å². The van der Waals surface area contributed by atoms with Gasteiger partial charge in [-0.25, -0.2) is 4.98 Å². The number of carbonyl (C=O) groups excluding carboxylic acids is 2. The highest BCUT2D eigenvalue weighted by atomic mass is 16.5. The van der Waals surface area contributed by atoms with Gasteiger partial charge < -0.3 is 14.5 Å². The highest BCUT2D eigenvalue weighted by Crippen LogP contribution is 2.32. The lowest BCUT2D eigenvalue weighted by Gasteiger charge is -2.16. The molecular weight excluding hydrogens is 334 g/mol. The average Bonchev–Trinajstić information content (AvgIpc) is 3.32. The van der Waals surface area contributed by atoms with E-state index < -0.39 is 0 Å². The number of oxazole rings is 1. The molecule has 1 fully saturated rings. The number of amides is 1. The minimum Gasteiger partial charge on any atom is -0.496 e. The van der Waals surface area contributed by atoms with Gasteiger partial charge in [-0.3, -0.25) is 14.9 Å². The van der Waals surface area contributed by atoms with Crippen molar-refractivity contribution in [2.75, 3.05) is 12.4 Å². The van der Waals surface area contributed by atoms with Gasteiger partial charge in [-0.1, -0.05) is 13.8 Å². The molecule has 2 N–H and O–H groups in total. The zero-order valence-electron chi connectivity index (χ0n) is 15.1. The number of ketones is 1. The van der Waals surface area contributed by atoms with Crippen molar-refractivity contribution in [3.63, 3.8) is 0 Å². The van der Waals surface area contributed by atoms with Gasteiger partial charge in [0.05, 0.1) is 31.0 Å². The molecule has 26 heavy (non-hydrogen) atoms. The molecule has 7 nitrogen and oxygen atoms in total. The number of nitrogens with one attached hydrogen (secondary N) is 2. The number of ether oxygens (including phenoxy) is 1. The summed E-state index contributed by atoms with van der Waals surface area (Å²) in [5.41, 5.74) is 1.38. The lowest BCUT2D eigenvalue weighted by molar-refractivity contribution is -0.123. The van der Waals surface area contributed by atoms with E-state index in [2.05, 4.69) is 15.6 Å². The van der Waals surface area contributed by atoms with Gasteiger partial charge in [0.1, 0.15) is 5.75 Å². The first-order valence-corrected chi connectivity index (χ1v) is 8.67. The third kappa shape index (κ3) is 3.77. The maximum absolute atomic E-state index is 12.5. The van der Waals surface area contributed by atoms with Crippen molar-refractivity contribution < 1.29 is 18.7 Å². The van der Waals surface area contributed by atoms with Crippen LogP contribution in [0.3, 0.4) is 0 Å². The van der Waals surface area contributed by atoms with Gasteiger partial charge in [-0.2, -0.15) is 0 Å². The summed E-state index contributed by atoms with van der Waals surface area (Å²) in [5, 5.41) is 6.02. The van der Waals surface area contributed by atoms with Gasteiger partial charge in [0.2, 0.25) is 5.91 Å². The van der Waals surface area contributed by atoms with Gasteiger partial charge >= 0.3 is 0 Å². The summed E-state index contributed by atoms with van der Waals surface area (Å²) in [6.45, 7) is 3.75.